The Morgan fingerprint density at radius 1 is 1.45 bits per heavy atom. The minimum absolute atomic E-state index is 0. The van der Waals surface area contributed by atoms with Gasteiger partial charge in [-0.15, -0.1) is 35.7 Å². The Kier molecular flexibility index (Phi) is 7.72. The van der Waals surface area contributed by atoms with Crippen molar-refractivity contribution >= 4 is 41.7 Å². The van der Waals surface area contributed by atoms with Gasteiger partial charge < -0.3 is 11.1 Å². The number of thioether (sulfide) groups is 1. The molecular formula is C15H24IN3S. The maximum absolute atomic E-state index is 5.90. The molecule has 0 spiro atoms. The smallest absolute Gasteiger partial charge is 0.188 e. The number of hydrogen-bond acceptors (Lipinski definition) is 2. The Morgan fingerprint density at radius 2 is 2.20 bits per heavy atom. The fourth-order valence-electron chi connectivity index (χ4n) is 2.15. The van der Waals surface area contributed by atoms with Gasteiger partial charge in [0.05, 0.1) is 6.54 Å². The molecule has 0 radical (unpaired) electrons. The van der Waals surface area contributed by atoms with Gasteiger partial charge in [0.1, 0.15) is 0 Å². The summed E-state index contributed by atoms with van der Waals surface area (Å²) >= 11 is 1.76. The number of nitrogens with one attached hydrogen (secondary N) is 1. The zero-order valence-corrected chi connectivity index (χ0v) is 15.3. The molecule has 1 aromatic rings. The number of aliphatic imine (C=N–C) groups is 1. The standard InChI is InChI=1S/C15H23N3S.HI/c1-11-6-7-13(14(8-11)19-2)10-18-15(16)17-9-12-4-3-5-12;/h6-8,12H,3-5,9-10H2,1-2H3,(H3,16,17,18);1H. The molecule has 0 saturated heterocycles. The summed E-state index contributed by atoms with van der Waals surface area (Å²) in [6, 6.07) is 6.47. The van der Waals surface area contributed by atoms with Crippen LogP contribution in [-0.2, 0) is 6.54 Å². The summed E-state index contributed by atoms with van der Waals surface area (Å²) in [6.45, 7) is 3.74. The Hall–Kier alpha value is -0.430. The van der Waals surface area contributed by atoms with Crippen molar-refractivity contribution < 1.29 is 0 Å². The van der Waals surface area contributed by atoms with Crippen LogP contribution >= 0.6 is 35.7 Å². The molecule has 0 aliphatic heterocycles. The van der Waals surface area contributed by atoms with E-state index in [1.54, 1.807) is 11.8 Å². The van der Waals surface area contributed by atoms with E-state index in [2.05, 4.69) is 41.7 Å². The Balaban J connectivity index is 0.00000200. The van der Waals surface area contributed by atoms with Gasteiger partial charge in [0.2, 0.25) is 0 Å². The van der Waals surface area contributed by atoms with Crippen LogP contribution in [0.2, 0.25) is 0 Å². The van der Waals surface area contributed by atoms with Crippen LogP contribution in [0.1, 0.15) is 30.4 Å². The van der Waals surface area contributed by atoms with Crippen molar-refractivity contribution in [2.75, 3.05) is 12.8 Å². The van der Waals surface area contributed by atoms with Gasteiger partial charge in [-0.1, -0.05) is 18.6 Å². The quantitative estimate of drug-likeness (QED) is 0.341. The van der Waals surface area contributed by atoms with Crippen LogP contribution in [0.4, 0.5) is 0 Å². The first-order chi connectivity index (χ1) is 9.19. The summed E-state index contributed by atoms with van der Waals surface area (Å²) in [5.74, 6) is 1.37. The lowest BCUT2D eigenvalue weighted by atomic mass is 9.85. The topological polar surface area (TPSA) is 50.4 Å². The highest BCUT2D eigenvalue weighted by Gasteiger charge is 2.16. The van der Waals surface area contributed by atoms with Crippen molar-refractivity contribution in [1.29, 1.82) is 0 Å². The lowest BCUT2D eigenvalue weighted by Crippen LogP contribution is -2.37. The lowest BCUT2D eigenvalue weighted by molar-refractivity contribution is 0.315. The molecule has 3 nitrogen and oxygen atoms in total. The second-order valence-electron chi connectivity index (χ2n) is 5.19. The van der Waals surface area contributed by atoms with Gasteiger partial charge in [0.25, 0.3) is 0 Å². The highest BCUT2D eigenvalue weighted by Crippen LogP contribution is 2.25. The van der Waals surface area contributed by atoms with Crippen LogP contribution in [0.15, 0.2) is 28.1 Å². The average molecular weight is 405 g/mol. The third-order valence-corrected chi connectivity index (χ3v) is 4.48. The normalized spacial score (nSPS) is 15.4. The van der Waals surface area contributed by atoms with Gasteiger partial charge in [-0.2, -0.15) is 0 Å². The lowest BCUT2D eigenvalue weighted by Gasteiger charge is -2.25. The van der Waals surface area contributed by atoms with Crippen molar-refractivity contribution in [3.8, 4) is 0 Å². The molecule has 1 aliphatic carbocycles. The number of halogens is 1. The average Bonchev–Trinajstić information content (AvgIpc) is 2.35. The summed E-state index contributed by atoms with van der Waals surface area (Å²) in [5.41, 5.74) is 8.43. The van der Waals surface area contributed by atoms with Crippen LogP contribution in [0.5, 0.6) is 0 Å². The van der Waals surface area contributed by atoms with Crippen LogP contribution < -0.4 is 11.1 Å². The van der Waals surface area contributed by atoms with E-state index < -0.39 is 0 Å². The molecule has 0 heterocycles. The molecule has 1 fully saturated rings. The monoisotopic (exact) mass is 405 g/mol. The molecule has 3 N–H and O–H groups in total. The van der Waals surface area contributed by atoms with Crippen LogP contribution in [0.25, 0.3) is 0 Å². The largest absolute Gasteiger partial charge is 0.370 e. The Labute approximate surface area is 143 Å². The van der Waals surface area contributed by atoms with Gasteiger partial charge >= 0.3 is 0 Å². The van der Waals surface area contributed by atoms with E-state index in [4.69, 9.17) is 5.73 Å². The van der Waals surface area contributed by atoms with E-state index in [0.29, 0.717) is 12.5 Å². The zero-order valence-electron chi connectivity index (χ0n) is 12.2. The number of aryl methyl sites for hydroxylation is 1. The molecular weight excluding hydrogens is 381 g/mol. The maximum atomic E-state index is 5.90. The van der Waals surface area contributed by atoms with Crippen LogP contribution in [0, 0.1) is 12.8 Å². The van der Waals surface area contributed by atoms with Gasteiger partial charge in [0.15, 0.2) is 5.96 Å². The minimum Gasteiger partial charge on any atom is -0.370 e. The molecule has 1 aliphatic rings. The van der Waals surface area contributed by atoms with Gasteiger partial charge in [-0.05, 0) is 49.1 Å². The first kappa shape index (κ1) is 17.6. The summed E-state index contributed by atoms with van der Waals surface area (Å²) in [7, 11) is 0. The third-order valence-electron chi connectivity index (χ3n) is 3.66. The Morgan fingerprint density at radius 3 is 2.80 bits per heavy atom. The zero-order chi connectivity index (χ0) is 13.7. The van der Waals surface area contributed by atoms with E-state index in [-0.39, 0.29) is 24.0 Å². The molecule has 0 amide bonds. The fraction of sp³-hybridized carbons (Fsp3) is 0.533. The molecule has 0 aromatic heterocycles. The van der Waals surface area contributed by atoms with Crippen molar-refractivity contribution in [2.45, 2.75) is 37.6 Å². The van der Waals surface area contributed by atoms with Crippen LogP contribution in [0.3, 0.4) is 0 Å². The first-order valence-corrected chi connectivity index (χ1v) is 8.09. The first-order valence-electron chi connectivity index (χ1n) is 6.86. The van der Waals surface area contributed by atoms with E-state index in [9.17, 15) is 0 Å². The summed E-state index contributed by atoms with van der Waals surface area (Å²) < 4.78 is 0. The minimum atomic E-state index is 0. The molecule has 5 heteroatoms. The molecule has 1 aromatic carbocycles. The number of nitrogens with zero attached hydrogens (tertiary/aromatic N) is 1. The van der Waals surface area contributed by atoms with Gasteiger partial charge in [-0.3, -0.25) is 0 Å². The molecule has 0 unspecified atom stereocenters. The summed E-state index contributed by atoms with van der Waals surface area (Å²) in [5, 5.41) is 3.22. The number of benzene rings is 1. The Bertz CT molecular complexity index is 458. The predicted octanol–water partition coefficient (Wildman–Crippen LogP) is 3.54. The molecule has 20 heavy (non-hydrogen) atoms. The van der Waals surface area contributed by atoms with Crippen molar-refractivity contribution in [1.82, 2.24) is 5.32 Å². The molecule has 0 bridgehead atoms. The van der Waals surface area contributed by atoms with Gasteiger partial charge in [0, 0.05) is 11.4 Å². The summed E-state index contributed by atoms with van der Waals surface area (Å²) in [4.78, 5) is 5.72. The molecule has 112 valence electrons. The number of guanidine groups is 1. The van der Waals surface area contributed by atoms with E-state index in [1.165, 1.54) is 35.3 Å². The SMILES string of the molecule is CSc1cc(C)ccc1CN=C(N)NCC1CCC1.I. The van der Waals surface area contributed by atoms with Crippen molar-refractivity contribution in [3.63, 3.8) is 0 Å². The highest BCUT2D eigenvalue weighted by molar-refractivity contribution is 14.0. The predicted molar refractivity (Wildman–Crippen MR) is 99.0 cm³/mol. The van der Waals surface area contributed by atoms with Crippen molar-refractivity contribution in [2.24, 2.45) is 16.6 Å². The van der Waals surface area contributed by atoms with E-state index in [0.717, 1.165) is 12.5 Å². The van der Waals surface area contributed by atoms with Crippen LogP contribution in [-0.4, -0.2) is 18.8 Å². The van der Waals surface area contributed by atoms with E-state index >= 15 is 0 Å². The van der Waals surface area contributed by atoms with Crippen molar-refractivity contribution in [3.05, 3.63) is 29.3 Å². The second-order valence-corrected chi connectivity index (χ2v) is 6.04. The maximum Gasteiger partial charge on any atom is 0.188 e. The summed E-state index contributed by atoms with van der Waals surface area (Å²) in [6.07, 6.45) is 6.12. The molecule has 0 atom stereocenters. The third kappa shape index (κ3) is 5.16. The fourth-order valence-corrected chi connectivity index (χ4v) is 2.85. The molecule has 2 rings (SSSR count). The molecule has 1 saturated carbocycles. The van der Waals surface area contributed by atoms with Gasteiger partial charge in [-0.25, -0.2) is 4.99 Å². The second kappa shape index (κ2) is 8.77. The highest BCUT2D eigenvalue weighted by atomic mass is 127. The van der Waals surface area contributed by atoms with E-state index in [1.807, 2.05) is 0 Å². The number of rotatable bonds is 5. The number of nitrogens with two attached hydrogens (primary N) is 1. The number of hydrogen-bond donors (Lipinski definition) is 2.